The third kappa shape index (κ3) is 3.68. The van der Waals surface area contributed by atoms with E-state index in [0.717, 1.165) is 0 Å². The smallest absolute Gasteiger partial charge is 0.197 e. The molecule has 11 heavy (non-hydrogen) atoms. The molecule has 0 aliphatic heterocycles. The molecule has 0 aliphatic rings. The van der Waals surface area contributed by atoms with Crippen LogP contribution in [-0.4, -0.2) is 5.66 Å². The number of hydrogen-bond acceptors (Lipinski definition) is 1. The summed E-state index contributed by atoms with van der Waals surface area (Å²) >= 11 is 3.72. The first-order chi connectivity index (χ1) is 4.89. The van der Waals surface area contributed by atoms with Crippen LogP contribution in [0.5, 0.6) is 0 Å². The van der Waals surface area contributed by atoms with Crippen LogP contribution >= 0.6 is 21.9 Å². The third-order valence-corrected chi connectivity index (χ3v) is 1.51. The summed E-state index contributed by atoms with van der Waals surface area (Å²) in [5.41, 5.74) is -3.21. The molecular weight excluding hydrogens is 185 g/mol. The lowest BCUT2D eigenvalue weighted by Gasteiger charge is -2.13. The first-order valence-corrected chi connectivity index (χ1v) is 3.80. The van der Waals surface area contributed by atoms with Gasteiger partial charge in [-0.25, -0.2) is 0 Å². The van der Waals surface area contributed by atoms with Gasteiger partial charge in [-0.05, 0) is 0 Å². The van der Waals surface area contributed by atoms with Gasteiger partial charge in [0.05, 0.1) is 0 Å². The predicted molar refractivity (Wildman–Crippen MR) is 51.1 cm³/mol. The molecule has 62 valence electrons. The van der Waals surface area contributed by atoms with E-state index in [2.05, 4.69) is 25.8 Å². The van der Waals surface area contributed by atoms with E-state index in [0.29, 0.717) is 0 Å². The molecule has 0 aromatic carbocycles. The van der Waals surface area contributed by atoms with Crippen LogP contribution in [0.1, 0.15) is 0 Å². The number of halogens is 2. The molecule has 0 aliphatic carbocycles. The Labute approximate surface area is 72.7 Å². The Bertz CT molecular complexity index is 203. The van der Waals surface area contributed by atoms with Gasteiger partial charge in [0.15, 0.2) is 0 Å². The van der Waals surface area contributed by atoms with Crippen LogP contribution in [0.2, 0.25) is 0 Å². The molecule has 1 unspecified atom stereocenters. The molecule has 0 amide bonds. The van der Waals surface area contributed by atoms with E-state index in [1.807, 2.05) is 0 Å². The van der Waals surface area contributed by atoms with Crippen LogP contribution < -0.4 is 0 Å². The van der Waals surface area contributed by atoms with Crippen molar-refractivity contribution < 1.29 is 8.78 Å². The molecule has 0 rings (SSSR count). The summed E-state index contributed by atoms with van der Waals surface area (Å²) in [4.78, 5) is 0.0462. The topological polar surface area (TPSA) is 0 Å². The SMILES string of the molecule is C=C/C=C(\C(=C)S)C(F)(F)P. The van der Waals surface area contributed by atoms with Crippen LogP contribution in [0.4, 0.5) is 8.78 Å². The first-order valence-electron chi connectivity index (χ1n) is 2.77. The van der Waals surface area contributed by atoms with Crippen molar-refractivity contribution in [2.45, 2.75) is 5.66 Å². The average molecular weight is 194 g/mol. The number of allylic oxidation sites excluding steroid dienone is 3. The molecule has 0 saturated carbocycles. The maximum atomic E-state index is 12.6. The molecular formula is C7H9F2PS. The highest BCUT2D eigenvalue weighted by atomic mass is 32.1. The zero-order chi connectivity index (χ0) is 9.07. The highest BCUT2D eigenvalue weighted by Gasteiger charge is 2.27. The second-order valence-electron chi connectivity index (χ2n) is 1.89. The van der Waals surface area contributed by atoms with Gasteiger partial charge in [-0.15, -0.1) is 12.6 Å². The lowest BCUT2D eigenvalue weighted by Crippen LogP contribution is -2.08. The van der Waals surface area contributed by atoms with E-state index in [9.17, 15) is 8.78 Å². The Morgan fingerprint density at radius 2 is 2.00 bits per heavy atom. The van der Waals surface area contributed by atoms with Gasteiger partial charge in [0.2, 0.25) is 0 Å². The monoisotopic (exact) mass is 194 g/mol. The second kappa shape index (κ2) is 4.03. The van der Waals surface area contributed by atoms with Gasteiger partial charge in [0, 0.05) is 10.5 Å². The molecule has 0 bridgehead atoms. The molecule has 0 heterocycles. The Kier molecular flexibility index (Phi) is 3.98. The van der Waals surface area contributed by atoms with Crippen LogP contribution in [-0.2, 0) is 0 Å². The molecule has 1 atom stereocenters. The van der Waals surface area contributed by atoms with E-state index < -0.39 is 5.66 Å². The summed E-state index contributed by atoms with van der Waals surface area (Å²) in [5.74, 6) is 0. The molecule has 0 N–H and O–H groups in total. The minimum absolute atomic E-state index is 0.0462. The van der Waals surface area contributed by atoms with E-state index >= 15 is 0 Å². The van der Waals surface area contributed by atoms with Crippen molar-refractivity contribution in [3.05, 3.63) is 35.8 Å². The van der Waals surface area contributed by atoms with Crippen molar-refractivity contribution in [3.8, 4) is 0 Å². The van der Waals surface area contributed by atoms with Crippen LogP contribution in [0.25, 0.3) is 0 Å². The van der Waals surface area contributed by atoms with E-state index in [1.54, 1.807) is 0 Å². The van der Waals surface area contributed by atoms with Gasteiger partial charge in [-0.2, -0.15) is 8.78 Å². The maximum absolute atomic E-state index is 12.6. The number of rotatable bonds is 3. The Hall–Kier alpha value is -0.140. The van der Waals surface area contributed by atoms with Crippen molar-refractivity contribution in [1.82, 2.24) is 0 Å². The predicted octanol–water partition coefficient (Wildman–Crippen LogP) is 3.01. The highest BCUT2D eigenvalue weighted by molar-refractivity contribution is 7.84. The maximum Gasteiger partial charge on any atom is 0.284 e. The van der Waals surface area contributed by atoms with Gasteiger partial charge < -0.3 is 0 Å². The molecule has 0 radical (unpaired) electrons. The number of hydrogen-bond donors (Lipinski definition) is 1. The summed E-state index contributed by atoms with van der Waals surface area (Å²) in [7, 11) is 1.41. The largest absolute Gasteiger partial charge is 0.284 e. The quantitative estimate of drug-likeness (QED) is 0.398. The standard InChI is InChI=1S/C7H9F2PS/c1-3-4-6(5(2)11)7(8,9)10/h3-4,11H,1-2,10H2/b6-4+. The summed E-state index contributed by atoms with van der Waals surface area (Å²) in [6, 6.07) is 0. The fraction of sp³-hybridized carbons (Fsp3) is 0.143. The average Bonchev–Trinajstić information content (AvgIpc) is 1.79. The van der Waals surface area contributed by atoms with Gasteiger partial charge in [0.1, 0.15) is 0 Å². The lowest BCUT2D eigenvalue weighted by atomic mass is 10.2. The summed E-state index contributed by atoms with van der Waals surface area (Å²) in [6.07, 6.45) is 2.46. The second-order valence-corrected chi connectivity index (χ2v) is 3.15. The molecule has 0 fully saturated rings. The zero-order valence-corrected chi connectivity index (χ0v) is 7.90. The summed E-state index contributed by atoms with van der Waals surface area (Å²) in [5, 5.41) is 0. The summed E-state index contributed by atoms with van der Waals surface area (Å²) < 4.78 is 25.1. The van der Waals surface area contributed by atoms with Crippen LogP contribution in [0.3, 0.4) is 0 Å². The molecule has 0 nitrogen and oxygen atoms in total. The molecule has 0 aromatic rings. The molecule has 0 spiro atoms. The third-order valence-electron chi connectivity index (χ3n) is 0.955. The fourth-order valence-corrected chi connectivity index (χ4v) is 1.13. The lowest BCUT2D eigenvalue weighted by molar-refractivity contribution is 0.151. The van der Waals surface area contributed by atoms with Gasteiger partial charge in [-0.1, -0.05) is 34.5 Å². The van der Waals surface area contributed by atoms with E-state index in [-0.39, 0.29) is 10.5 Å². The van der Waals surface area contributed by atoms with Crippen molar-refractivity contribution in [3.63, 3.8) is 0 Å². The Morgan fingerprint density at radius 3 is 2.09 bits per heavy atom. The molecule has 0 aromatic heterocycles. The zero-order valence-electron chi connectivity index (χ0n) is 5.85. The fourth-order valence-electron chi connectivity index (χ4n) is 0.518. The van der Waals surface area contributed by atoms with Crippen molar-refractivity contribution in [1.29, 1.82) is 0 Å². The van der Waals surface area contributed by atoms with Crippen molar-refractivity contribution >= 4 is 21.9 Å². The highest BCUT2D eigenvalue weighted by Crippen LogP contribution is 2.36. The summed E-state index contributed by atoms with van der Waals surface area (Å²) in [6.45, 7) is 6.60. The van der Waals surface area contributed by atoms with Crippen molar-refractivity contribution in [2.75, 3.05) is 0 Å². The van der Waals surface area contributed by atoms with Crippen LogP contribution in [0, 0.1) is 0 Å². The van der Waals surface area contributed by atoms with E-state index in [4.69, 9.17) is 0 Å². The number of alkyl halides is 2. The van der Waals surface area contributed by atoms with Crippen LogP contribution in [0.15, 0.2) is 35.8 Å². The Balaban J connectivity index is 4.77. The van der Waals surface area contributed by atoms with Crippen molar-refractivity contribution in [2.24, 2.45) is 0 Å². The van der Waals surface area contributed by atoms with Gasteiger partial charge in [-0.3, -0.25) is 0 Å². The molecule has 0 saturated heterocycles. The number of thiol groups is 1. The minimum Gasteiger partial charge on any atom is -0.197 e. The molecule has 4 heteroatoms. The van der Waals surface area contributed by atoms with Gasteiger partial charge >= 0.3 is 0 Å². The van der Waals surface area contributed by atoms with Gasteiger partial charge in [0.25, 0.3) is 5.66 Å². The Morgan fingerprint density at radius 1 is 1.55 bits per heavy atom. The van der Waals surface area contributed by atoms with E-state index in [1.165, 1.54) is 21.4 Å². The first kappa shape index (κ1) is 10.9. The minimum atomic E-state index is -2.98. The normalized spacial score (nSPS) is 12.9.